The van der Waals surface area contributed by atoms with E-state index in [1.165, 1.54) is 16.5 Å². The molecule has 0 spiro atoms. The van der Waals surface area contributed by atoms with Crippen LogP contribution in [0.15, 0.2) is 24.4 Å². The second kappa shape index (κ2) is 7.13. The molecule has 22 heavy (non-hydrogen) atoms. The third-order valence-electron chi connectivity index (χ3n) is 4.45. The zero-order valence-corrected chi connectivity index (χ0v) is 13.3. The average molecular weight is 302 g/mol. The van der Waals surface area contributed by atoms with Crippen molar-refractivity contribution in [3.63, 3.8) is 0 Å². The topological polar surface area (TPSA) is 55.5 Å². The van der Waals surface area contributed by atoms with Crippen molar-refractivity contribution in [1.29, 1.82) is 0 Å². The molecule has 0 atom stereocenters. The minimum absolute atomic E-state index is 0.660. The Hall–Kier alpha value is -1.56. The van der Waals surface area contributed by atoms with Gasteiger partial charge in [-0.2, -0.15) is 0 Å². The number of nitrogens with zero attached hydrogens (tertiary/aromatic N) is 2. The Kier molecular flexibility index (Phi) is 4.97. The molecule has 3 N–H and O–H groups in total. The Balaban J connectivity index is 1.83. The predicted molar refractivity (Wildman–Crippen MR) is 90.6 cm³/mol. The first kappa shape index (κ1) is 15.3. The lowest BCUT2D eigenvalue weighted by Gasteiger charge is -2.26. The van der Waals surface area contributed by atoms with Gasteiger partial charge in [-0.3, -0.25) is 0 Å². The number of hydrogen-bond donors (Lipinski definition) is 2. The fraction of sp³-hybridized carbons (Fsp3) is 0.529. The lowest BCUT2D eigenvalue weighted by atomic mass is 10.1. The third kappa shape index (κ3) is 3.27. The maximum absolute atomic E-state index is 5.75. The monoisotopic (exact) mass is 302 g/mol. The van der Waals surface area contributed by atoms with E-state index in [1.807, 2.05) is 6.07 Å². The van der Waals surface area contributed by atoms with E-state index < -0.39 is 0 Å². The number of piperazine rings is 1. The molecule has 1 aliphatic heterocycles. The van der Waals surface area contributed by atoms with Crippen molar-refractivity contribution in [3.8, 4) is 5.75 Å². The number of ether oxygens (including phenoxy) is 1. The molecule has 0 saturated carbocycles. The second-order valence-corrected chi connectivity index (χ2v) is 5.86. The van der Waals surface area contributed by atoms with E-state index in [-0.39, 0.29) is 0 Å². The molecule has 1 aromatic heterocycles. The highest BCUT2D eigenvalue weighted by Gasteiger charge is 2.13. The standard InChI is InChI=1S/C17H26N4O/c1-22-15-2-3-17-16(12-15)14(13-21(17)9-5-18)4-8-20-10-6-19-7-11-20/h2-3,12-13,19H,4-11,18H2,1H3. The van der Waals surface area contributed by atoms with Crippen LogP contribution in [0.3, 0.4) is 0 Å². The number of benzene rings is 1. The molecule has 1 aliphatic rings. The fourth-order valence-electron chi connectivity index (χ4n) is 3.21. The first-order valence-electron chi connectivity index (χ1n) is 8.10. The van der Waals surface area contributed by atoms with Gasteiger partial charge in [-0.25, -0.2) is 0 Å². The van der Waals surface area contributed by atoms with Crippen molar-refractivity contribution in [2.75, 3.05) is 46.4 Å². The molecule has 0 radical (unpaired) electrons. The number of hydrogen-bond acceptors (Lipinski definition) is 4. The lowest BCUT2D eigenvalue weighted by molar-refractivity contribution is 0.244. The smallest absolute Gasteiger partial charge is 0.119 e. The highest BCUT2D eigenvalue weighted by molar-refractivity contribution is 5.85. The molecule has 3 rings (SSSR count). The molecule has 5 heteroatoms. The van der Waals surface area contributed by atoms with Crippen LogP contribution in [-0.2, 0) is 13.0 Å². The molecule has 0 aliphatic carbocycles. The molecule has 2 aromatic rings. The van der Waals surface area contributed by atoms with Crippen LogP contribution in [0.2, 0.25) is 0 Å². The molecular formula is C17H26N4O. The van der Waals surface area contributed by atoms with Crippen molar-refractivity contribution >= 4 is 10.9 Å². The van der Waals surface area contributed by atoms with Gasteiger partial charge >= 0.3 is 0 Å². The van der Waals surface area contributed by atoms with Crippen molar-refractivity contribution in [1.82, 2.24) is 14.8 Å². The van der Waals surface area contributed by atoms with E-state index in [2.05, 4.69) is 33.1 Å². The Morgan fingerprint density at radius 2 is 2.05 bits per heavy atom. The van der Waals surface area contributed by atoms with Crippen LogP contribution >= 0.6 is 0 Å². The largest absolute Gasteiger partial charge is 0.497 e. The maximum Gasteiger partial charge on any atom is 0.119 e. The van der Waals surface area contributed by atoms with Gasteiger partial charge in [-0.15, -0.1) is 0 Å². The van der Waals surface area contributed by atoms with Gasteiger partial charge in [-0.05, 0) is 30.2 Å². The highest BCUT2D eigenvalue weighted by Crippen LogP contribution is 2.26. The van der Waals surface area contributed by atoms with Crippen LogP contribution in [-0.4, -0.2) is 55.8 Å². The minimum atomic E-state index is 0.660. The van der Waals surface area contributed by atoms with Crippen molar-refractivity contribution in [2.45, 2.75) is 13.0 Å². The quantitative estimate of drug-likeness (QED) is 0.838. The van der Waals surface area contributed by atoms with Gasteiger partial charge in [0.05, 0.1) is 7.11 Å². The maximum atomic E-state index is 5.75. The Morgan fingerprint density at radius 3 is 2.77 bits per heavy atom. The minimum Gasteiger partial charge on any atom is -0.497 e. The van der Waals surface area contributed by atoms with E-state index >= 15 is 0 Å². The van der Waals surface area contributed by atoms with Crippen LogP contribution in [0, 0.1) is 0 Å². The molecule has 0 bridgehead atoms. The Bertz CT molecular complexity index is 616. The lowest BCUT2D eigenvalue weighted by Crippen LogP contribution is -2.44. The van der Waals surface area contributed by atoms with Gasteiger partial charge in [0.25, 0.3) is 0 Å². The van der Waals surface area contributed by atoms with Gasteiger partial charge in [0.1, 0.15) is 5.75 Å². The van der Waals surface area contributed by atoms with E-state index in [4.69, 9.17) is 10.5 Å². The van der Waals surface area contributed by atoms with E-state index in [0.29, 0.717) is 6.54 Å². The summed E-state index contributed by atoms with van der Waals surface area (Å²) in [5.74, 6) is 0.918. The molecule has 120 valence electrons. The summed E-state index contributed by atoms with van der Waals surface area (Å²) in [6, 6.07) is 6.31. The molecule has 1 aromatic carbocycles. The van der Waals surface area contributed by atoms with Gasteiger partial charge in [0.2, 0.25) is 0 Å². The second-order valence-electron chi connectivity index (χ2n) is 5.86. The first-order chi connectivity index (χ1) is 10.8. The summed E-state index contributed by atoms with van der Waals surface area (Å²) in [6.07, 6.45) is 3.33. The first-order valence-corrected chi connectivity index (χ1v) is 8.10. The molecule has 0 amide bonds. The van der Waals surface area contributed by atoms with Crippen LogP contribution in [0.4, 0.5) is 0 Å². The summed E-state index contributed by atoms with van der Waals surface area (Å²) in [5, 5.41) is 4.70. The van der Waals surface area contributed by atoms with E-state index in [9.17, 15) is 0 Å². The fourth-order valence-corrected chi connectivity index (χ4v) is 3.21. The highest BCUT2D eigenvalue weighted by atomic mass is 16.5. The number of nitrogens with one attached hydrogen (secondary N) is 1. The molecular weight excluding hydrogens is 276 g/mol. The van der Waals surface area contributed by atoms with Gasteiger partial charge in [-0.1, -0.05) is 0 Å². The summed E-state index contributed by atoms with van der Waals surface area (Å²) < 4.78 is 7.65. The van der Waals surface area contributed by atoms with Gasteiger partial charge < -0.3 is 25.3 Å². The Morgan fingerprint density at radius 1 is 1.23 bits per heavy atom. The number of aromatic nitrogens is 1. The normalized spacial score (nSPS) is 16.3. The number of fused-ring (bicyclic) bond motifs is 1. The molecule has 1 fully saturated rings. The van der Waals surface area contributed by atoms with Gasteiger partial charge in [0, 0.05) is 62.9 Å². The van der Waals surface area contributed by atoms with Crippen LogP contribution in [0.5, 0.6) is 5.75 Å². The summed E-state index contributed by atoms with van der Waals surface area (Å²) in [5.41, 5.74) is 8.39. The predicted octanol–water partition coefficient (Wildman–Crippen LogP) is 1.06. The molecule has 0 unspecified atom stereocenters. The van der Waals surface area contributed by atoms with E-state index in [1.54, 1.807) is 7.11 Å². The number of methoxy groups -OCH3 is 1. The molecule has 5 nitrogen and oxygen atoms in total. The average Bonchev–Trinajstić information content (AvgIpc) is 2.91. The SMILES string of the molecule is COc1ccc2c(c1)c(CCN1CCNCC1)cn2CCN. The number of nitrogens with two attached hydrogens (primary N) is 1. The van der Waals surface area contributed by atoms with Gasteiger partial charge in [0.15, 0.2) is 0 Å². The molecule has 2 heterocycles. The van der Waals surface area contributed by atoms with E-state index in [0.717, 1.165) is 51.4 Å². The van der Waals surface area contributed by atoms with Crippen LogP contribution in [0.1, 0.15) is 5.56 Å². The zero-order chi connectivity index (χ0) is 15.4. The summed E-state index contributed by atoms with van der Waals surface area (Å²) in [7, 11) is 1.72. The van der Waals surface area contributed by atoms with Crippen LogP contribution < -0.4 is 15.8 Å². The Labute approximate surface area is 132 Å². The molecule has 1 saturated heterocycles. The summed E-state index contributed by atoms with van der Waals surface area (Å²) in [6.45, 7) is 7.12. The summed E-state index contributed by atoms with van der Waals surface area (Å²) >= 11 is 0. The zero-order valence-electron chi connectivity index (χ0n) is 13.3. The van der Waals surface area contributed by atoms with Crippen molar-refractivity contribution in [2.24, 2.45) is 5.73 Å². The van der Waals surface area contributed by atoms with Crippen molar-refractivity contribution < 1.29 is 4.74 Å². The van der Waals surface area contributed by atoms with Crippen LogP contribution in [0.25, 0.3) is 10.9 Å². The van der Waals surface area contributed by atoms with Crippen molar-refractivity contribution in [3.05, 3.63) is 30.0 Å². The third-order valence-corrected chi connectivity index (χ3v) is 4.45. The number of rotatable bonds is 6. The summed E-state index contributed by atoms with van der Waals surface area (Å²) in [4.78, 5) is 2.53.